The van der Waals surface area contributed by atoms with Gasteiger partial charge in [0.1, 0.15) is 0 Å². The Morgan fingerprint density at radius 3 is 3.00 bits per heavy atom. The molecule has 1 aromatic rings. The Morgan fingerprint density at radius 2 is 2.29 bits per heavy atom. The highest BCUT2D eigenvalue weighted by molar-refractivity contribution is 7.99. The van der Waals surface area contributed by atoms with E-state index in [2.05, 4.69) is 25.1 Å². The number of thioether (sulfide) groups is 1. The molecule has 2 atom stereocenters. The van der Waals surface area contributed by atoms with Crippen LogP contribution >= 0.6 is 11.8 Å². The predicted octanol–water partition coefficient (Wildman–Crippen LogP) is 2.18. The number of fused-ring (bicyclic) bond motifs is 1. The number of nitrogens with zero attached hydrogens (tertiary/aromatic N) is 1. The molecule has 0 saturated carbocycles. The van der Waals surface area contributed by atoms with Crippen molar-refractivity contribution in [2.24, 2.45) is 11.3 Å². The van der Waals surface area contributed by atoms with Crippen molar-refractivity contribution in [1.29, 1.82) is 0 Å². The minimum absolute atomic E-state index is 0.0303. The van der Waals surface area contributed by atoms with Crippen molar-refractivity contribution in [3.63, 3.8) is 0 Å². The number of likely N-dealkylation sites (tertiary alicyclic amines) is 1. The summed E-state index contributed by atoms with van der Waals surface area (Å²) in [6, 6.07) is 8.26. The summed E-state index contributed by atoms with van der Waals surface area (Å²) in [4.78, 5) is 26.0. The quantitative estimate of drug-likeness (QED) is 0.882. The molecule has 1 N–H and O–H groups in total. The van der Waals surface area contributed by atoms with Crippen LogP contribution in [0.1, 0.15) is 17.5 Å². The second-order valence-corrected chi connectivity index (χ2v) is 7.72. The van der Waals surface area contributed by atoms with E-state index >= 15 is 0 Å². The first-order valence-corrected chi connectivity index (χ1v) is 9.39. The summed E-state index contributed by atoms with van der Waals surface area (Å²) >= 11 is 1.58. The van der Waals surface area contributed by atoms with E-state index in [1.54, 1.807) is 16.7 Å². The second-order valence-electron chi connectivity index (χ2n) is 6.74. The molecule has 5 nitrogen and oxygen atoms in total. The molecular formula is C18H23NO4S. The average molecular weight is 349 g/mol. The van der Waals surface area contributed by atoms with Crippen LogP contribution < -0.4 is 0 Å². The third kappa shape index (κ3) is 3.44. The monoisotopic (exact) mass is 349 g/mol. The van der Waals surface area contributed by atoms with Crippen LogP contribution in [0.2, 0.25) is 0 Å². The van der Waals surface area contributed by atoms with Gasteiger partial charge in [-0.05, 0) is 18.9 Å². The first kappa shape index (κ1) is 17.3. The summed E-state index contributed by atoms with van der Waals surface area (Å²) in [6.07, 6.45) is 0.493. The van der Waals surface area contributed by atoms with Crippen molar-refractivity contribution < 1.29 is 19.4 Å². The lowest BCUT2D eigenvalue weighted by Crippen LogP contribution is -2.45. The molecule has 2 aliphatic rings. The first-order chi connectivity index (χ1) is 11.5. The lowest BCUT2D eigenvalue weighted by molar-refractivity contribution is -0.157. The van der Waals surface area contributed by atoms with Crippen molar-refractivity contribution >= 4 is 23.6 Å². The number of carboxylic acids is 1. The molecule has 0 aliphatic carbocycles. The molecule has 2 saturated heterocycles. The molecule has 130 valence electrons. The molecule has 6 heteroatoms. The topological polar surface area (TPSA) is 66.8 Å². The zero-order chi connectivity index (χ0) is 17.2. The minimum atomic E-state index is -0.810. The Labute approximate surface area is 146 Å². The molecule has 2 heterocycles. The van der Waals surface area contributed by atoms with E-state index < -0.39 is 11.4 Å². The van der Waals surface area contributed by atoms with Gasteiger partial charge < -0.3 is 14.7 Å². The SMILES string of the molecule is Cc1cccc(CSCC(=O)N2C[C@H]3COCC[C@@]3(C(=O)O)C2)c1. The fraction of sp³-hybridized carbons (Fsp3) is 0.556. The maximum atomic E-state index is 12.5. The number of amides is 1. The number of carboxylic acid groups (broad SMARTS) is 1. The zero-order valence-corrected chi connectivity index (χ0v) is 14.7. The number of benzene rings is 1. The van der Waals surface area contributed by atoms with E-state index in [0.29, 0.717) is 38.5 Å². The minimum Gasteiger partial charge on any atom is -0.481 e. The number of hydrogen-bond acceptors (Lipinski definition) is 4. The molecule has 0 bridgehead atoms. The number of aryl methyl sites for hydroxylation is 1. The summed E-state index contributed by atoms with van der Waals surface area (Å²) in [7, 11) is 0. The van der Waals surface area contributed by atoms with Gasteiger partial charge in [0, 0.05) is 31.4 Å². The van der Waals surface area contributed by atoms with Crippen molar-refractivity contribution in [2.75, 3.05) is 32.1 Å². The van der Waals surface area contributed by atoms with Gasteiger partial charge in [-0.1, -0.05) is 29.8 Å². The molecule has 0 unspecified atom stereocenters. The lowest BCUT2D eigenvalue weighted by Gasteiger charge is -2.33. The van der Waals surface area contributed by atoms with Crippen LogP contribution in [0.5, 0.6) is 0 Å². The number of hydrogen-bond donors (Lipinski definition) is 1. The molecule has 0 spiro atoms. The Hall–Kier alpha value is -1.53. The van der Waals surface area contributed by atoms with E-state index in [1.807, 2.05) is 6.07 Å². The van der Waals surface area contributed by atoms with Gasteiger partial charge in [0.25, 0.3) is 0 Å². The van der Waals surface area contributed by atoms with Crippen LogP contribution in [-0.2, 0) is 20.1 Å². The van der Waals surface area contributed by atoms with Crippen molar-refractivity contribution in [3.8, 4) is 0 Å². The maximum Gasteiger partial charge on any atom is 0.311 e. The Bertz CT molecular complexity index is 635. The van der Waals surface area contributed by atoms with Crippen LogP contribution in [0.25, 0.3) is 0 Å². The molecular weight excluding hydrogens is 326 g/mol. The number of ether oxygens (including phenoxy) is 1. The molecule has 24 heavy (non-hydrogen) atoms. The number of carbonyl (C=O) groups is 2. The molecule has 1 aromatic carbocycles. The molecule has 0 aromatic heterocycles. The maximum absolute atomic E-state index is 12.5. The van der Waals surface area contributed by atoms with Crippen molar-refractivity contribution in [3.05, 3.63) is 35.4 Å². The predicted molar refractivity (Wildman–Crippen MR) is 92.9 cm³/mol. The smallest absolute Gasteiger partial charge is 0.311 e. The van der Waals surface area contributed by atoms with E-state index in [1.165, 1.54) is 11.1 Å². The van der Waals surface area contributed by atoms with Crippen LogP contribution in [0, 0.1) is 18.3 Å². The van der Waals surface area contributed by atoms with Gasteiger partial charge in [0.2, 0.25) is 5.91 Å². The normalized spacial score (nSPS) is 26.2. The highest BCUT2D eigenvalue weighted by atomic mass is 32.2. The van der Waals surface area contributed by atoms with Crippen LogP contribution in [-0.4, -0.2) is 53.9 Å². The van der Waals surface area contributed by atoms with Gasteiger partial charge in [0.05, 0.1) is 17.8 Å². The summed E-state index contributed by atoms with van der Waals surface area (Å²) in [6.45, 7) is 3.77. The molecule has 2 fully saturated rings. The third-order valence-corrected chi connectivity index (χ3v) is 6.05. The fourth-order valence-electron chi connectivity index (χ4n) is 3.64. The van der Waals surface area contributed by atoms with E-state index in [0.717, 1.165) is 5.75 Å². The molecule has 2 aliphatic heterocycles. The van der Waals surface area contributed by atoms with E-state index in [-0.39, 0.29) is 11.8 Å². The average Bonchev–Trinajstić information content (AvgIpc) is 2.96. The van der Waals surface area contributed by atoms with Crippen LogP contribution in [0.4, 0.5) is 0 Å². The Balaban J connectivity index is 1.55. The fourth-order valence-corrected chi connectivity index (χ4v) is 4.51. The Morgan fingerprint density at radius 1 is 1.46 bits per heavy atom. The van der Waals surface area contributed by atoms with Gasteiger partial charge in [0.15, 0.2) is 0 Å². The van der Waals surface area contributed by atoms with Crippen LogP contribution in [0.3, 0.4) is 0 Å². The highest BCUT2D eigenvalue weighted by Gasteiger charge is 2.54. The van der Waals surface area contributed by atoms with Gasteiger partial charge in [-0.3, -0.25) is 9.59 Å². The summed E-state index contributed by atoms with van der Waals surface area (Å²) < 4.78 is 5.43. The highest BCUT2D eigenvalue weighted by Crippen LogP contribution is 2.42. The van der Waals surface area contributed by atoms with Crippen molar-refractivity contribution in [1.82, 2.24) is 4.90 Å². The third-order valence-electron chi connectivity index (χ3n) is 5.06. The first-order valence-electron chi connectivity index (χ1n) is 8.23. The summed E-state index contributed by atoms with van der Waals surface area (Å²) in [5, 5.41) is 9.65. The second kappa shape index (κ2) is 7.15. The number of rotatable bonds is 5. The lowest BCUT2D eigenvalue weighted by atomic mass is 9.74. The number of carbonyl (C=O) groups excluding carboxylic acids is 1. The van der Waals surface area contributed by atoms with Gasteiger partial charge in [-0.15, -0.1) is 11.8 Å². The summed E-state index contributed by atoms with van der Waals surface area (Å²) in [5.41, 5.74) is 1.61. The van der Waals surface area contributed by atoms with Crippen molar-refractivity contribution in [2.45, 2.75) is 19.1 Å². The molecule has 3 rings (SSSR count). The largest absolute Gasteiger partial charge is 0.481 e. The molecule has 1 amide bonds. The van der Waals surface area contributed by atoms with Gasteiger partial charge >= 0.3 is 5.97 Å². The Kier molecular flexibility index (Phi) is 5.15. The summed E-state index contributed by atoms with van der Waals surface area (Å²) in [5.74, 6) is 0.324. The van der Waals surface area contributed by atoms with Crippen LogP contribution in [0.15, 0.2) is 24.3 Å². The van der Waals surface area contributed by atoms with Gasteiger partial charge in [-0.2, -0.15) is 0 Å². The molecule has 0 radical (unpaired) electrons. The van der Waals surface area contributed by atoms with E-state index in [9.17, 15) is 14.7 Å². The zero-order valence-electron chi connectivity index (χ0n) is 13.9. The van der Waals surface area contributed by atoms with Gasteiger partial charge in [-0.25, -0.2) is 0 Å². The van der Waals surface area contributed by atoms with E-state index in [4.69, 9.17) is 4.74 Å². The standard InChI is InChI=1S/C18H23NO4S/c1-13-3-2-4-14(7-13)10-24-11-16(20)19-8-15-9-23-6-5-18(15,12-19)17(21)22/h2-4,7,15H,5-6,8-12H2,1H3,(H,21,22)/t15-,18+/m0/s1. The number of aliphatic carboxylic acids is 1.